The average molecular weight is 318 g/mol. The summed E-state index contributed by atoms with van der Waals surface area (Å²) in [7, 11) is 0. The Morgan fingerprint density at radius 1 is 0.591 bits per heavy atom. The Hall–Kier alpha value is -2.24. The van der Waals surface area contributed by atoms with Crippen molar-refractivity contribution >= 4 is 12.1 Å². The Morgan fingerprint density at radius 2 is 0.864 bits per heavy atom. The quantitative estimate of drug-likeness (QED) is 0.478. The molecule has 2 aromatic rings. The van der Waals surface area contributed by atoms with Crippen LogP contribution in [0.15, 0.2) is 48.5 Å². The van der Waals surface area contributed by atoms with E-state index in [9.17, 15) is 26.3 Å². The fourth-order valence-electron chi connectivity index (χ4n) is 1.63. The molecule has 0 radical (unpaired) electrons. The Balaban J connectivity index is 2.33. The molecule has 2 rings (SSSR count). The van der Waals surface area contributed by atoms with Gasteiger partial charge < -0.3 is 0 Å². The molecule has 0 fully saturated rings. The summed E-state index contributed by atoms with van der Waals surface area (Å²) in [4.78, 5) is 0. The smallest absolute Gasteiger partial charge is 0.166 e. The average Bonchev–Trinajstić information content (AvgIpc) is 2.52. The van der Waals surface area contributed by atoms with Gasteiger partial charge in [0.25, 0.3) is 0 Å². The maximum absolute atomic E-state index is 12.5. The molecule has 0 atom stereocenters. The van der Waals surface area contributed by atoms with Gasteiger partial charge in [0.05, 0.1) is 13.9 Å². The lowest BCUT2D eigenvalue weighted by Gasteiger charge is -2.06. The predicted octanol–water partition coefficient (Wildman–Crippen LogP) is 5.89. The minimum Gasteiger partial charge on any atom is -0.166 e. The van der Waals surface area contributed by atoms with Gasteiger partial charge in [-0.15, -0.1) is 0 Å². The summed E-state index contributed by atoms with van der Waals surface area (Å²) in [6, 6.07) is 6.54. The van der Waals surface area contributed by atoms with E-state index < -0.39 is 23.5 Å². The first kappa shape index (κ1) is 13.4. The summed E-state index contributed by atoms with van der Waals surface area (Å²) in [5.74, 6) is 0. The Kier molecular flexibility index (Phi) is 3.58. The summed E-state index contributed by atoms with van der Waals surface area (Å²) in [6.07, 6.45) is -9.02. The first-order valence-corrected chi connectivity index (χ1v) is 6.03. The molecule has 0 spiro atoms. The maximum Gasteiger partial charge on any atom is 0.416 e. The van der Waals surface area contributed by atoms with Gasteiger partial charge in [-0.2, -0.15) is 26.3 Å². The molecule has 116 valence electrons. The van der Waals surface area contributed by atoms with Gasteiger partial charge in [0.2, 0.25) is 0 Å². The lowest BCUT2D eigenvalue weighted by molar-refractivity contribution is -0.138. The van der Waals surface area contributed by atoms with Crippen LogP contribution in [0.3, 0.4) is 0 Å². The van der Waals surface area contributed by atoms with Gasteiger partial charge in [0.15, 0.2) is 0 Å². The van der Waals surface area contributed by atoms with E-state index in [4.69, 9.17) is 2.74 Å². The van der Waals surface area contributed by atoms with Crippen LogP contribution in [0.25, 0.3) is 12.1 Å². The van der Waals surface area contributed by atoms with Crippen LogP contribution in [0.5, 0.6) is 0 Å². The number of halogens is 6. The van der Waals surface area contributed by atoms with Crippen LogP contribution in [0.1, 0.15) is 25.0 Å². The second-order valence-electron chi connectivity index (χ2n) is 4.40. The van der Waals surface area contributed by atoms with Crippen LogP contribution >= 0.6 is 0 Å². The van der Waals surface area contributed by atoms with Crippen molar-refractivity contribution in [3.8, 4) is 0 Å². The third kappa shape index (κ3) is 4.13. The summed E-state index contributed by atoms with van der Waals surface area (Å²) >= 11 is 0. The molecule has 0 amide bonds. The third-order valence-corrected chi connectivity index (χ3v) is 2.78. The van der Waals surface area contributed by atoms with Gasteiger partial charge >= 0.3 is 12.4 Å². The van der Waals surface area contributed by atoms with Crippen molar-refractivity contribution in [3.05, 3.63) is 70.8 Å². The molecule has 0 unspecified atom stereocenters. The van der Waals surface area contributed by atoms with Crippen molar-refractivity contribution in [2.75, 3.05) is 0 Å². The van der Waals surface area contributed by atoms with E-state index >= 15 is 0 Å². The van der Waals surface area contributed by atoms with Crippen molar-refractivity contribution in [2.45, 2.75) is 12.4 Å². The molecule has 0 heterocycles. The van der Waals surface area contributed by atoms with Crippen molar-refractivity contribution in [1.82, 2.24) is 0 Å². The fourth-order valence-corrected chi connectivity index (χ4v) is 1.63. The minimum atomic E-state index is -4.51. The highest BCUT2D eigenvalue weighted by molar-refractivity contribution is 5.69. The van der Waals surface area contributed by atoms with Crippen molar-refractivity contribution < 1.29 is 29.1 Å². The molecule has 0 aliphatic heterocycles. The summed E-state index contributed by atoms with van der Waals surface area (Å²) in [5.41, 5.74) is -1.65. The van der Waals surface area contributed by atoms with Gasteiger partial charge in [0.1, 0.15) is 0 Å². The monoisotopic (exact) mass is 318 g/mol. The highest BCUT2D eigenvalue weighted by Crippen LogP contribution is 2.30. The van der Waals surface area contributed by atoms with E-state index in [0.29, 0.717) is 0 Å². The van der Waals surface area contributed by atoms with E-state index in [1.54, 1.807) is 0 Å². The van der Waals surface area contributed by atoms with E-state index in [1.165, 1.54) is 0 Å². The Labute approximate surface area is 125 Å². The normalized spacial score (nSPS) is 15.0. The zero-order valence-electron chi connectivity index (χ0n) is 12.9. The lowest BCUT2D eigenvalue weighted by Crippen LogP contribution is -2.04. The van der Waals surface area contributed by atoms with Crippen LogP contribution in [0, 0.1) is 0 Å². The summed E-state index contributed by atoms with van der Waals surface area (Å²) in [6.45, 7) is 0. The van der Waals surface area contributed by atoms with Crippen LogP contribution in [0.2, 0.25) is 0 Å². The van der Waals surface area contributed by atoms with Crippen molar-refractivity contribution in [3.63, 3.8) is 0 Å². The lowest BCUT2D eigenvalue weighted by atomic mass is 10.1. The number of rotatable bonds is 2. The van der Waals surface area contributed by atoms with Crippen molar-refractivity contribution in [2.24, 2.45) is 0 Å². The van der Waals surface area contributed by atoms with E-state index in [2.05, 4.69) is 0 Å². The number of hydrogen-bond acceptors (Lipinski definition) is 0. The predicted molar refractivity (Wildman–Crippen MR) is 71.8 cm³/mol. The van der Waals surface area contributed by atoms with Crippen molar-refractivity contribution in [1.29, 1.82) is 0 Å². The highest BCUT2D eigenvalue weighted by atomic mass is 19.4. The molecule has 0 bridgehead atoms. The van der Waals surface area contributed by atoms with Crippen LogP contribution in [-0.2, 0) is 12.4 Å². The standard InChI is InChI=1S/C16H10F6/c17-15(18,19)13-7-3-11(4-8-13)1-2-12-5-9-14(10-6-12)16(20,21)22/h1-10H/b2-1+/i1D,2D. The number of benzene rings is 2. The molecule has 0 aliphatic carbocycles. The van der Waals surface area contributed by atoms with Gasteiger partial charge in [-0.25, -0.2) is 0 Å². The zero-order valence-corrected chi connectivity index (χ0v) is 10.9. The molecule has 2 aromatic carbocycles. The minimum absolute atomic E-state index is 0.0629. The molecule has 6 heteroatoms. The first-order chi connectivity index (χ1) is 11.0. The highest BCUT2D eigenvalue weighted by Gasteiger charge is 2.30. The largest absolute Gasteiger partial charge is 0.416 e. The molecular formula is C16H10F6. The Morgan fingerprint density at radius 3 is 1.09 bits per heavy atom. The van der Waals surface area contributed by atoms with Crippen LogP contribution in [-0.4, -0.2) is 0 Å². The van der Waals surface area contributed by atoms with E-state index in [0.717, 1.165) is 48.5 Å². The molecule has 0 aromatic heterocycles. The Bertz CT molecular complexity index is 675. The number of hydrogen-bond donors (Lipinski definition) is 0. The molecular weight excluding hydrogens is 306 g/mol. The first-order valence-electron chi connectivity index (χ1n) is 7.03. The molecule has 0 nitrogen and oxygen atoms in total. The molecule has 0 N–H and O–H groups in total. The maximum atomic E-state index is 12.5. The summed E-state index contributed by atoms with van der Waals surface area (Å²) in [5, 5.41) is 0. The van der Waals surface area contributed by atoms with E-state index in [1.807, 2.05) is 0 Å². The van der Waals surface area contributed by atoms with Crippen LogP contribution < -0.4 is 0 Å². The van der Waals surface area contributed by atoms with Gasteiger partial charge in [0, 0.05) is 0 Å². The molecule has 0 saturated heterocycles. The fraction of sp³-hybridized carbons (Fsp3) is 0.125. The van der Waals surface area contributed by atoms with Gasteiger partial charge in [-0.05, 0) is 35.4 Å². The SMILES string of the molecule is [2H]/C(=C(/[2H])c1ccc(C(F)(F)F)cc1)c1ccc(C(F)(F)F)cc1. The van der Waals surface area contributed by atoms with Gasteiger partial charge in [-0.1, -0.05) is 36.4 Å². The second-order valence-corrected chi connectivity index (χ2v) is 4.40. The summed E-state index contributed by atoms with van der Waals surface area (Å²) < 4.78 is 90.6. The zero-order chi connectivity index (χ0) is 18.1. The molecule has 22 heavy (non-hydrogen) atoms. The van der Waals surface area contributed by atoms with Crippen LogP contribution in [0.4, 0.5) is 26.3 Å². The van der Waals surface area contributed by atoms with E-state index in [-0.39, 0.29) is 23.2 Å². The topological polar surface area (TPSA) is 0 Å². The van der Waals surface area contributed by atoms with Gasteiger partial charge in [-0.3, -0.25) is 0 Å². The number of alkyl halides is 6. The second kappa shape index (κ2) is 5.87. The third-order valence-electron chi connectivity index (χ3n) is 2.78. The molecule has 0 saturated carbocycles. The molecule has 0 aliphatic rings.